The molecule has 14 heavy (non-hydrogen) atoms. The Morgan fingerprint density at radius 2 is 2.29 bits per heavy atom. The van der Waals surface area contributed by atoms with Crippen molar-refractivity contribution in [2.75, 3.05) is 0 Å². The quantitative estimate of drug-likeness (QED) is 0.689. The summed E-state index contributed by atoms with van der Waals surface area (Å²) in [6, 6.07) is 0. The van der Waals surface area contributed by atoms with Gasteiger partial charge in [-0.3, -0.25) is 0 Å². The third-order valence-electron chi connectivity index (χ3n) is 2.01. The molecule has 76 valence electrons. The number of hydrogen-bond acceptors (Lipinski definition) is 4. The highest BCUT2D eigenvalue weighted by molar-refractivity contribution is 7.80. The summed E-state index contributed by atoms with van der Waals surface area (Å²) in [5.41, 5.74) is -0.406. The van der Waals surface area contributed by atoms with E-state index >= 15 is 0 Å². The molecule has 0 aromatic heterocycles. The lowest BCUT2D eigenvalue weighted by Gasteiger charge is -2.10. The van der Waals surface area contributed by atoms with Gasteiger partial charge in [-0.1, -0.05) is 19.1 Å². The van der Waals surface area contributed by atoms with E-state index in [4.69, 9.17) is 17.3 Å². The molecule has 1 aliphatic rings. The number of hydrogen-bond donors (Lipinski definition) is 2. The SMILES string of the molecule is CCC1CC(=S)N=NC(C(=O)O)=C1O. The Kier molecular flexibility index (Phi) is 3.29. The molecule has 0 aromatic carbocycles. The number of azo groups is 1. The van der Waals surface area contributed by atoms with Crippen molar-refractivity contribution in [1.82, 2.24) is 0 Å². The van der Waals surface area contributed by atoms with Crippen LogP contribution in [0.2, 0.25) is 0 Å². The maximum absolute atomic E-state index is 10.7. The monoisotopic (exact) mass is 214 g/mol. The third-order valence-corrected chi connectivity index (χ3v) is 2.26. The first-order valence-electron chi connectivity index (χ1n) is 4.17. The van der Waals surface area contributed by atoms with Crippen molar-refractivity contribution in [1.29, 1.82) is 0 Å². The number of nitrogens with zero attached hydrogens (tertiary/aromatic N) is 2. The molecule has 5 nitrogen and oxygen atoms in total. The van der Waals surface area contributed by atoms with Crippen LogP contribution in [-0.4, -0.2) is 21.2 Å². The van der Waals surface area contributed by atoms with Crippen LogP contribution >= 0.6 is 12.2 Å². The lowest BCUT2D eigenvalue weighted by Crippen LogP contribution is -2.10. The molecule has 1 aliphatic heterocycles. The van der Waals surface area contributed by atoms with Gasteiger partial charge in [0.05, 0.1) is 0 Å². The topological polar surface area (TPSA) is 82.2 Å². The summed E-state index contributed by atoms with van der Waals surface area (Å²) >= 11 is 4.84. The molecule has 1 atom stereocenters. The van der Waals surface area contributed by atoms with Crippen LogP contribution in [0.1, 0.15) is 19.8 Å². The van der Waals surface area contributed by atoms with Crippen molar-refractivity contribution < 1.29 is 15.0 Å². The molecule has 1 unspecified atom stereocenters. The summed E-state index contributed by atoms with van der Waals surface area (Å²) in [5, 5.41) is 25.2. The first kappa shape index (κ1) is 10.8. The van der Waals surface area contributed by atoms with Gasteiger partial charge >= 0.3 is 5.97 Å². The number of carboxylic acid groups (broad SMARTS) is 1. The predicted molar refractivity (Wildman–Crippen MR) is 53.1 cm³/mol. The molecule has 2 N–H and O–H groups in total. The van der Waals surface area contributed by atoms with Gasteiger partial charge in [0.1, 0.15) is 10.7 Å². The predicted octanol–water partition coefficient (Wildman–Crippen LogP) is 2.05. The molecular weight excluding hydrogens is 204 g/mol. The Bertz CT molecular complexity index is 335. The number of aliphatic hydroxyl groups excluding tert-OH is 1. The molecule has 0 saturated heterocycles. The smallest absolute Gasteiger partial charge is 0.359 e. The fourth-order valence-corrected chi connectivity index (χ4v) is 1.43. The van der Waals surface area contributed by atoms with Crippen LogP contribution in [-0.2, 0) is 4.79 Å². The molecule has 0 aliphatic carbocycles. The molecule has 0 saturated carbocycles. The van der Waals surface area contributed by atoms with Crippen LogP contribution < -0.4 is 0 Å². The minimum Gasteiger partial charge on any atom is -0.509 e. The van der Waals surface area contributed by atoms with Gasteiger partial charge < -0.3 is 10.2 Å². The third kappa shape index (κ3) is 2.14. The van der Waals surface area contributed by atoms with E-state index in [-0.39, 0.29) is 11.7 Å². The first-order chi connectivity index (χ1) is 6.56. The zero-order valence-electron chi connectivity index (χ0n) is 7.60. The van der Waals surface area contributed by atoms with Crippen LogP contribution in [0.25, 0.3) is 0 Å². The Morgan fingerprint density at radius 3 is 2.79 bits per heavy atom. The standard InChI is InChI=1S/C8H10N2O3S/c1-2-4-3-5(14)9-10-6(7(4)11)8(12)13/h4,11H,2-3H2,1H3,(H,12,13). The number of aliphatic hydroxyl groups is 1. The van der Waals surface area contributed by atoms with Crippen LogP contribution in [0.4, 0.5) is 0 Å². The highest BCUT2D eigenvalue weighted by atomic mass is 32.1. The van der Waals surface area contributed by atoms with Gasteiger partial charge in [0.15, 0.2) is 0 Å². The number of aliphatic carboxylic acids is 1. The second kappa shape index (κ2) is 4.28. The van der Waals surface area contributed by atoms with E-state index < -0.39 is 11.7 Å². The molecule has 0 spiro atoms. The summed E-state index contributed by atoms with van der Waals surface area (Å²) < 4.78 is 0. The van der Waals surface area contributed by atoms with Gasteiger partial charge in [-0.2, -0.15) is 0 Å². The van der Waals surface area contributed by atoms with Crippen LogP contribution in [0.5, 0.6) is 0 Å². The Hall–Kier alpha value is -1.30. The average Bonchev–Trinajstić information content (AvgIpc) is 2.26. The zero-order chi connectivity index (χ0) is 10.7. The van der Waals surface area contributed by atoms with Crippen LogP contribution in [0.15, 0.2) is 21.7 Å². The van der Waals surface area contributed by atoms with Crippen molar-refractivity contribution in [3.63, 3.8) is 0 Å². The largest absolute Gasteiger partial charge is 0.509 e. The van der Waals surface area contributed by atoms with E-state index in [1.165, 1.54) is 0 Å². The fourth-order valence-electron chi connectivity index (χ4n) is 1.19. The number of carboxylic acids is 1. The van der Waals surface area contributed by atoms with Gasteiger partial charge in [0.2, 0.25) is 5.70 Å². The highest BCUT2D eigenvalue weighted by Gasteiger charge is 2.24. The molecular formula is C8H10N2O3S. The molecule has 0 bridgehead atoms. The molecule has 1 heterocycles. The summed E-state index contributed by atoms with van der Waals surface area (Å²) in [6.45, 7) is 1.84. The molecule has 0 amide bonds. The highest BCUT2D eigenvalue weighted by Crippen LogP contribution is 2.25. The van der Waals surface area contributed by atoms with Crippen molar-refractivity contribution in [3.8, 4) is 0 Å². The lowest BCUT2D eigenvalue weighted by molar-refractivity contribution is -0.133. The second-order valence-electron chi connectivity index (χ2n) is 2.94. The summed E-state index contributed by atoms with van der Waals surface area (Å²) in [7, 11) is 0. The summed E-state index contributed by atoms with van der Waals surface area (Å²) in [6.07, 6.45) is 0.978. The summed E-state index contributed by atoms with van der Waals surface area (Å²) in [5.74, 6) is -1.80. The molecule has 6 heteroatoms. The number of thiocarbonyl (C=S) groups is 1. The number of rotatable bonds is 2. The van der Waals surface area contributed by atoms with Crippen LogP contribution in [0.3, 0.4) is 0 Å². The van der Waals surface area contributed by atoms with E-state index in [9.17, 15) is 9.90 Å². The first-order valence-corrected chi connectivity index (χ1v) is 4.58. The van der Waals surface area contributed by atoms with E-state index in [1.807, 2.05) is 6.92 Å². The van der Waals surface area contributed by atoms with Gasteiger partial charge in [-0.25, -0.2) is 4.79 Å². The lowest BCUT2D eigenvalue weighted by atomic mass is 9.99. The van der Waals surface area contributed by atoms with Crippen molar-refractivity contribution in [3.05, 3.63) is 11.5 Å². The minimum absolute atomic E-state index is 0.233. The molecule has 0 fully saturated rings. The van der Waals surface area contributed by atoms with E-state index in [1.54, 1.807) is 0 Å². The Morgan fingerprint density at radius 1 is 1.64 bits per heavy atom. The second-order valence-corrected chi connectivity index (χ2v) is 3.41. The van der Waals surface area contributed by atoms with Crippen molar-refractivity contribution in [2.24, 2.45) is 16.1 Å². The van der Waals surface area contributed by atoms with Crippen molar-refractivity contribution >= 4 is 23.2 Å². The van der Waals surface area contributed by atoms with Gasteiger partial charge in [0, 0.05) is 12.3 Å². The van der Waals surface area contributed by atoms with Gasteiger partial charge in [-0.05, 0) is 6.42 Å². The maximum atomic E-state index is 10.7. The van der Waals surface area contributed by atoms with E-state index in [0.29, 0.717) is 17.8 Å². The Labute approximate surface area is 86.2 Å². The number of carbonyl (C=O) groups is 1. The normalized spacial score (nSPS) is 22.4. The van der Waals surface area contributed by atoms with Gasteiger partial charge in [-0.15, -0.1) is 10.2 Å². The van der Waals surface area contributed by atoms with E-state index in [0.717, 1.165) is 0 Å². The average molecular weight is 214 g/mol. The van der Waals surface area contributed by atoms with Crippen molar-refractivity contribution in [2.45, 2.75) is 19.8 Å². The zero-order valence-corrected chi connectivity index (χ0v) is 8.41. The molecule has 0 aromatic rings. The maximum Gasteiger partial charge on any atom is 0.359 e. The molecule has 1 rings (SSSR count). The Balaban J connectivity index is 3.11. The summed E-state index contributed by atoms with van der Waals surface area (Å²) in [4.78, 5) is 11.0. The fraction of sp³-hybridized carbons (Fsp3) is 0.500. The number of allylic oxidation sites excluding steroid dienone is 1. The minimum atomic E-state index is -1.28. The molecule has 0 radical (unpaired) electrons. The van der Waals surface area contributed by atoms with Crippen LogP contribution in [0, 0.1) is 5.92 Å². The van der Waals surface area contributed by atoms with Gasteiger partial charge in [0.25, 0.3) is 0 Å². The van der Waals surface area contributed by atoms with E-state index in [2.05, 4.69) is 10.2 Å².